The number of nitrogens with zero attached hydrogens (tertiary/aromatic N) is 1. The van der Waals surface area contributed by atoms with Crippen molar-refractivity contribution in [3.05, 3.63) is 41.4 Å². The summed E-state index contributed by atoms with van der Waals surface area (Å²) < 4.78 is 5.76. The van der Waals surface area contributed by atoms with E-state index in [1.54, 1.807) is 24.4 Å². The number of ether oxygens (including phenoxy) is 1. The monoisotopic (exact) mass is 363 g/mol. The Kier molecular flexibility index (Phi) is 7.64. The van der Waals surface area contributed by atoms with Crippen LogP contribution in [0.1, 0.15) is 43.0 Å². The van der Waals surface area contributed by atoms with Gasteiger partial charge in [0.05, 0.1) is 12.2 Å². The van der Waals surface area contributed by atoms with Gasteiger partial charge < -0.3 is 10.1 Å². The van der Waals surface area contributed by atoms with Crippen LogP contribution in [-0.4, -0.2) is 22.6 Å². The van der Waals surface area contributed by atoms with Gasteiger partial charge in [-0.05, 0) is 30.8 Å². The second-order valence-corrected chi connectivity index (χ2v) is 6.45. The second-order valence-electron chi connectivity index (χ2n) is 5.15. The largest absolute Gasteiger partial charge is 0.493 e. The third-order valence-corrected chi connectivity index (χ3v) is 4.16. The fraction of sp³-hybridized carbons (Fsp3) is 0.353. The fourth-order valence-electron chi connectivity index (χ4n) is 2.08. The Labute approximate surface area is 151 Å². The molecule has 0 radical (unpaired) electrons. The molecule has 128 valence electrons. The molecule has 1 amide bonds. The second kappa shape index (κ2) is 10.00. The molecule has 0 aliphatic heterocycles. The summed E-state index contributed by atoms with van der Waals surface area (Å²) in [6, 6.07) is 7.18. The summed E-state index contributed by atoms with van der Waals surface area (Å²) in [5, 5.41) is 8.21. The van der Waals surface area contributed by atoms with Gasteiger partial charge in [0.15, 0.2) is 10.2 Å². The van der Waals surface area contributed by atoms with Gasteiger partial charge in [-0.15, -0.1) is 11.3 Å². The molecule has 2 aromatic rings. The number of thiazole rings is 1. The lowest BCUT2D eigenvalue weighted by Gasteiger charge is -2.12. The molecule has 0 aliphatic carbocycles. The minimum atomic E-state index is -0.298. The van der Waals surface area contributed by atoms with Crippen LogP contribution in [0.2, 0.25) is 0 Å². The van der Waals surface area contributed by atoms with Crippen molar-refractivity contribution >= 4 is 39.7 Å². The Morgan fingerprint density at radius 3 is 2.88 bits per heavy atom. The first-order chi connectivity index (χ1) is 11.7. The molecular formula is C17H21N3O2S2. The number of thiocarbonyl (C=S) groups is 1. The van der Waals surface area contributed by atoms with Crippen LogP contribution >= 0.6 is 23.6 Å². The van der Waals surface area contributed by atoms with E-state index in [-0.39, 0.29) is 11.0 Å². The lowest BCUT2D eigenvalue weighted by atomic mass is 10.2. The first-order valence-electron chi connectivity index (χ1n) is 7.94. The first kappa shape index (κ1) is 18.4. The Morgan fingerprint density at radius 1 is 1.29 bits per heavy atom. The fourth-order valence-corrected chi connectivity index (χ4v) is 2.86. The topological polar surface area (TPSA) is 63.2 Å². The molecular weight excluding hydrogens is 342 g/mol. The molecule has 24 heavy (non-hydrogen) atoms. The number of rotatable bonds is 8. The van der Waals surface area contributed by atoms with Crippen molar-refractivity contribution in [2.24, 2.45) is 0 Å². The standard InChI is InChI=1S/C17H21N3O2S2/c1-2-3-4-7-11-22-14-9-6-5-8-13(14)15(21)19-16(23)20-17-18-10-12-24-17/h5-6,8-10,12H,2-4,7,11H2,1H3,(H2,18,19,20,21,23). The number of nitrogens with one attached hydrogen (secondary N) is 2. The molecule has 0 bridgehead atoms. The SMILES string of the molecule is CCCCCCOc1ccccc1C(=O)NC(=S)Nc1nccs1. The number of carbonyl (C=O) groups excluding carboxylic acids is 1. The molecule has 1 aromatic carbocycles. The summed E-state index contributed by atoms with van der Waals surface area (Å²) in [5.74, 6) is 0.275. The molecule has 5 nitrogen and oxygen atoms in total. The molecule has 0 saturated carbocycles. The van der Waals surface area contributed by atoms with Crippen LogP contribution in [0, 0.1) is 0 Å². The van der Waals surface area contributed by atoms with Crippen LogP contribution in [0.5, 0.6) is 5.75 Å². The minimum Gasteiger partial charge on any atom is -0.493 e. The molecule has 0 aliphatic rings. The highest BCUT2D eigenvalue weighted by atomic mass is 32.1. The summed E-state index contributed by atoms with van der Waals surface area (Å²) in [5.41, 5.74) is 0.469. The van der Waals surface area contributed by atoms with Crippen molar-refractivity contribution in [1.29, 1.82) is 0 Å². The number of carbonyl (C=O) groups is 1. The third kappa shape index (κ3) is 5.90. The van der Waals surface area contributed by atoms with E-state index in [0.29, 0.717) is 23.1 Å². The van der Waals surface area contributed by atoms with E-state index in [2.05, 4.69) is 22.5 Å². The molecule has 0 saturated heterocycles. The average Bonchev–Trinajstić information content (AvgIpc) is 3.07. The van der Waals surface area contributed by atoms with Crippen LogP contribution in [0.25, 0.3) is 0 Å². The number of anilines is 1. The number of amides is 1. The van der Waals surface area contributed by atoms with Crippen LogP contribution in [0.3, 0.4) is 0 Å². The quantitative estimate of drug-likeness (QED) is 0.543. The average molecular weight is 364 g/mol. The van der Waals surface area contributed by atoms with Crippen molar-refractivity contribution in [3.8, 4) is 5.75 Å². The summed E-state index contributed by atoms with van der Waals surface area (Å²) in [7, 11) is 0. The maximum absolute atomic E-state index is 12.4. The Morgan fingerprint density at radius 2 is 2.12 bits per heavy atom. The van der Waals surface area contributed by atoms with E-state index in [1.165, 1.54) is 24.2 Å². The van der Waals surface area contributed by atoms with Gasteiger partial charge in [0, 0.05) is 11.6 Å². The summed E-state index contributed by atoms with van der Waals surface area (Å²) >= 11 is 6.55. The maximum Gasteiger partial charge on any atom is 0.261 e. The van der Waals surface area contributed by atoms with E-state index < -0.39 is 0 Å². The number of benzene rings is 1. The summed E-state index contributed by atoms with van der Waals surface area (Å²) in [4.78, 5) is 16.5. The van der Waals surface area contributed by atoms with Gasteiger partial charge >= 0.3 is 0 Å². The van der Waals surface area contributed by atoms with Gasteiger partial charge in [-0.1, -0.05) is 38.3 Å². The zero-order valence-corrected chi connectivity index (χ0v) is 15.2. The maximum atomic E-state index is 12.4. The molecule has 0 spiro atoms. The van der Waals surface area contributed by atoms with Gasteiger partial charge in [0.25, 0.3) is 5.91 Å². The van der Waals surface area contributed by atoms with Gasteiger partial charge in [-0.25, -0.2) is 4.98 Å². The molecule has 1 aromatic heterocycles. The highest BCUT2D eigenvalue weighted by Crippen LogP contribution is 2.18. The molecule has 1 heterocycles. The lowest BCUT2D eigenvalue weighted by Crippen LogP contribution is -2.34. The lowest BCUT2D eigenvalue weighted by molar-refractivity contribution is 0.0973. The van der Waals surface area contributed by atoms with E-state index in [9.17, 15) is 4.79 Å². The highest BCUT2D eigenvalue weighted by molar-refractivity contribution is 7.80. The molecule has 0 fully saturated rings. The number of unbranched alkanes of at least 4 members (excludes halogenated alkanes) is 3. The Bertz CT molecular complexity index is 660. The minimum absolute atomic E-state index is 0.215. The smallest absolute Gasteiger partial charge is 0.261 e. The van der Waals surface area contributed by atoms with E-state index in [0.717, 1.165) is 12.8 Å². The normalized spacial score (nSPS) is 10.2. The van der Waals surface area contributed by atoms with E-state index in [4.69, 9.17) is 17.0 Å². The molecule has 2 rings (SSSR count). The van der Waals surface area contributed by atoms with Crippen molar-refractivity contribution in [2.45, 2.75) is 32.6 Å². The highest BCUT2D eigenvalue weighted by Gasteiger charge is 2.13. The van der Waals surface area contributed by atoms with Crippen LogP contribution < -0.4 is 15.4 Å². The van der Waals surface area contributed by atoms with Crippen molar-refractivity contribution in [3.63, 3.8) is 0 Å². The van der Waals surface area contributed by atoms with Crippen molar-refractivity contribution in [1.82, 2.24) is 10.3 Å². The van der Waals surface area contributed by atoms with Crippen LogP contribution in [0.4, 0.5) is 5.13 Å². The molecule has 0 unspecified atom stereocenters. The number of para-hydroxylation sites is 1. The van der Waals surface area contributed by atoms with Crippen LogP contribution in [0.15, 0.2) is 35.8 Å². The number of aromatic nitrogens is 1. The third-order valence-electron chi connectivity index (χ3n) is 3.27. The Hall–Kier alpha value is -1.99. The summed E-state index contributed by atoms with van der Waals surface area (Å²) in [6.45, 7) is 2.77. The van der Waals surface area contributed by atoms with Crippen molar-refractivity contribution < 1.29 is 9.53 Å². The molecule has 7 heteroatoms. The predicted octanol–water partition coefficient (Wildman–Crippen LogP) is 4.23. The van der Waals surface area contributed by atoms with Gasteiger partial charge in [-0.2, -0.15) is 0 Å². The zero-order chi connectivity index (χ0) is 17.2. The predicted molar refractivity (Wildman–Crippen MR) is 102 cm³/mol. The van der Waals surface area contributed by atoms with Gasteiger partial charge in [0.2, 0.25) is 0 Å². The molecule has 2 N–H and O–H groups in total. The molecule has 0 atom stereocenters. The zero-order valence-electron chi connectivity index (χ0n) is 13.6. The van der Waals surface area contributed by atoms with E-state index in [1.807, 2.05) is 11.4 Å². The number of hydrogen-bond donors (Lipinski definition) is 2. The van der Waals surface area contributed by atoms with Crippen LogP contribution in [-0.2, 0) is 0 Å². The number of hydrogen-bond acceptors (Lipinski definition) is 5. The Balaban J connectivity index is 1.90. The summed E-state index contributed by atoms with van der Waals surface area (Å²) in [6.07, 6.45) is 6.16. The van der Waals surface area contributed by atoms with Gasteiger partial charge in [0.1, 0.15) is 5.75 Å². The van der Waals surface area contributed by atoms with Gasteiger partial charge in [-0.3, -0.25) is 10.1 Å². The van der Waals surface area contributed by atoms with Crippen molar-refractivity contribution in [2.75, 3.05) is 11.9 Å². The first-order valence-corrected chi connectivity index (χ1v) is 9.23. The van der Waals surface area contributed by atoms with E-state index >= 15 is 0 Å².